The van der Waals surface area contributed by atoms with Crippen LogP contribution in [0.25, 0.3) is 5.69 Å². The summed E-state index contributed by atoms with van der Waals surface area (Å²) in [7, 11) is 0. The van der Waals surface area contributed by atoms with E-state index in [1.807, 2.05) is 36.4 Å². The van der Waals surface area contributed by atoms with E-state index in [9.17, 15) is 4.39 Å². The second kappa shape index (κ2) is 8.24. The molecule has 1 fully saturated rings. The highest BCUT2D eigenvalue weighted by Gasteiger charge is 2.15. The van der Waals surface area contributed by atoms with Crippen LogP contribution < -0.4 is 0 Å². The molecule has 0 spiro atoms. The number of rotatable bonds is 5. The lowest BCUT2D eigenvalue weighted by atomic mass is 10.1. The van der Waals surface area contributed by atoms with E-state index in [1.54, 1.807) is 0 Å². The quantitative estimate of drug-likeness (QED) is 0.600. The zero-order valence-corrected chi connectivity index (χ0v) is 16.0. The van der Waals surface area contributed by atoms with Gasteiger partial charge in [0.05, 0.1) is 5.69 Å². The highest BCUT2D eigenvalue weighted by Crippen LogP contribution is 2.20. The molecule has 0 atom stereocenters. The summed E-state index contributed by atoms with van der Waals surface area (Å²) in [5, 5.41) is 0.715. The average Bonchev–Trinajstić information content (AvgIpc) is 3.07. The summed E-state index contributed by atoms with van der Waals surface area (Å²) < 4.78 is 15.4. The molecule has 140 valence electrons. The van der Waals surface area contributed by atoms with E-state index >= 15 is 0 Å². The molecule has 27 heavy (non-hydrogen) atoms. The van der Waals surface area contributed by atoms with Crippen LogP contribution in [0.2, 0.25) is 5.02 Å². The standard InChI is InChI=1S/C22H23ClFN3/c23-18-6-10-21(11-7-18)27-16-20(15-26-12-2-1-3-13-26)25-22(27)14-17-4-8-19(24)9-5-17/h4-11,16H,1-3,12-15H2. The first-order valence-electron chi connectivity index (χ1n) is 9.47. The van der Waals surface area contributed by atoms with E-state index in [1.165, 1.54) is 31.4 Å². The van der Waals surface area contributed by atoms with Crippen LogP contribution in [0.15, 0.2) is 54.7 Å². The van der Waals surface area contributed by atoms with Crippen LogP contribution in [0.5, 0.6) is 0 Å². The van der Waals surface area contributed by atoms with E-state index in [-0.39, 0.29) is 5.82 Å². The fourth-order valence-corrected chi connectivity index (χ4v) is 3.76. The summed E-state index contributed by atoms with van der Waals surface area (Å²) in [5.74, 6) is 0.738. The van der Waals surface area contributed by atoms with Gasteiger partial charge in [-0.25, -0.2) is 9.37 Å². The Morgan fingerprint density at radius 3 is 2.33 bits per heavy atom. The van der Waals surface area contributed by atoms with Crippen molar-refractivity contribution in [3.63, 3.8) is 0 Å². The Morgan fingerprint density at radius 2 is 1.63 bits per heavy atom. The van der Waals surface area contributed by atoms with Gasteiger partial charge >= 0.3 is 0 Å². The van der Waals surface area contributed by atoms with E-state index in [0.717, 1.165) is 42.4 Å². The van der Waals surface area contributed by atoms with E-state index < -0.39 is 0 Å². The predicted molar refractivity (Wildman–Crippen MR) is 107 cm³/mol. The Hall–Kier alpha value is -2.17. The molecule has 0 aliphatic carbocycles. The molecule has 0 bridgehead atoms. The van der Waals surface area contributed by atoms with E-state index in [0.29, 0.717) is 11.4 Å². The maximum Gasteiger partial charge on any atom is 0.123 e. The maximum absolute atomic E-state index is 13.2. The molecule has 0 saturated carbocycles. The van der Waals surface area contributed by atoms with Crippen LogP contribution in [-0.4, -0.2) is 27.5 Å². The van der Waals surface area contributed by atoms with Gasteiger partial charge in [0.1, 0.15) is 11.6 Å². The molecule has 3 nitrogen and oxygen atoms in total. The van der Waals surface area contributed by atoms with Crippen molar-refractivity contribution in [3.05, 3.63) is 82.6 Å². The van der Waals surface area contributed by atoms with Crippen molar-refractivity contribution in [1.29, 1.82) is 0 Å². The monoisotopic (exact) mass is 383 g/mol. The molecule has 0 N–H and O–H groups in total. The number of imidazole rings is 1. The molecule has 2 heterocycles. The van der Waals surface area contributed by atoms with E-state index in [2.05, 4.69) is 15.7 Å². The second-order valence-corrected chi connectivity index (χ2v) is 7.57. The molecule has 2 aromatic carbocycles. The predicted octanol–water partition coefficient (Wildman–Crippen LogP) is 5.24. The minimum atomic E-state index is -0.217. The first-order chi connectivity index (χ1) is 13.2. The normalized spacial score (nSPS) is 15.2. The third-order valence-electron chi connectivity index (χ3n) is 5.04. The zero-order chi connectivity index (χ0) is 18.6. The van der Waals surface area contributed by atoms with Gasteiger partial charge in [-0.1, -0.05) is 30.2 Å². The van der Waals surface area contributed by atoms with Crippen molar-refractivity contribution in [3.8, 4) is 5.69 Å². The Labute approximate surface area is 164 Å². The van der Waals surface area contributed by atoms with Crippen molar-refractivity contribution < 1.29 is 4.39 Å². The smallest absolute Gasteiger partial charge is 0.123 e. The van der Waals surface area contributed by atoms with Crippen LogP contribution in [-0.2, 0) is 13.0 Å². The highest BCUT2D eigenvalue weighted by atomic mass is 35.5. The molecular weight excluding hydrogens is 361 g/mol. The number of hydrogen-bond acceptors (Lipinski definition) is 2. The first kappa shape index (κ1) is 18.2. The lowest BCUT2D eigenvalue weighted by molar-refractivity contribution is 0.218. The van der Waals surface area contributed by atoms with Crippen molar-refractivity contribution in [1.82, 2.24) is 14.5 Å². The van der Waals surface area contributed by atoms with Crippen molar-refractivity contribution in [2.75, 3.05) is 13.1 Å². The van der Waals surface area contributed by atoms with Gasteiger partial charge in [0.25, 0.3) is 0 Å². The molecule has 0 radical (unpaired) electrons. The molecule has 1 aliphatic rings. The van der Waals surface area contributed by atoms with Gasteiger partial charge in [-0.15, -0.1) is 0 Å². The molecule has 5 heteroatoms. The maximum atomic E-state index is 13.2. The topological polar surface area (TPSA) is 21.1 Å². The first-order valence-corrected chi connectivity index (χ1v) is 9.85. The molecule has 1 saturated heterocycles. The largest absolute Gasteiger partial charge is 0.303 e. The molecule has 3 aromatic rings. The molecule has 0 amide bonds. The van der Waals surface area contributed by atoms with Gasteiger partial charge in [0.15, 0.2) is 0 Å². The Morgan fingerprint density at radius 1 is 0.926 bits per heavy atom. The fourth-order valence-electron chi connectivity index (χ4n) is 3.63. The number of benzene rings is 2. The van der Waals surface area contributed by atoms with Crippen LogP contribution in [0.4, 0.5) is 4.39 Å². The van der Waals surface area contributed by atoms with Gasteiger partial charge < -0.3 is 4.57 Å². The lowest BCUT2D eigenvalue weighted by Gasteiger charge is -2.25. The minimum absolute atomic E-state index is 0.217. The number of aromatic nitrogens is 2. The van der Waals surface area contributed by atoms with E-state index in [4.69, 9.17) is 16.6 Å². The molecule has 1 aromatic heterocycles. The van der Waals surface area contributed by atoms with Crippen molar-refractivity contribution >= 4 is 11.6 Å². The minimum Gasteiger partial charge on any atom is -0.303 e. The van der Waals surface area contributed by atoms with Crippen LogP contribution in [0.1, 0.15) is 36.3 Å². The third-order valence-corrected chi connectivity index (χ3v) is 5.30. The number of likely N-dealkylation sites (tertiary alicyclic amines) is 1. The summed E-state index contributed by atoms with van der Waals surface area (Å²) in [4.78, 5) is 7.39. The molecule has 1 aliphatic heterocycles. The summed E-state index contributed by atoms with van der Waals surface area (Å²) in [6.45, 7) is 3.15. The molecule has 0 unspecified atom stereocenters. The van der Waals surface area contributed by atoms with Gasteiger partial charge in [-0.2, -0.15) is 0 Å². The Balaban J connectivity index is 1.63. The summed E-state index contributed by atoms with van der Waals surface area (Å²) >= 11 is 6.05. The van der Waals surface area contributed by atoms with Gasteiger partial charge in [0, 0.05) is 29.9 Å². The number of hydrogen-bond donors (Lipinski definition) is 0. The van der Waals surface area contributed by atoms with Gasteiger partial charge in [-0.05, 0) is 67.9 Å². The zero-order valence-electron chi connectivity index (χ0n) is 15.2. The Kier molecular flexibility index (Phi) is 5.55. The number of nitrogens with zero attached hydrogens (tertiary/aromatic N) is 3. The Bertz CT molecular complexity index is 881. The lowest BCUT2D eigenvalue weighted by Crippen LogP contribution is -2.29. The van der Waals surface area contributed by atoms with Crippen molar-refractivity contribution in [2.45, 2.75) is 32.2 Å². The fraction of sp³-hybridized carbons (Fsp3) is 0.318. The van der Waals surface area contributed by atoms with Crippen molar-refractivity contribution in [2.24, 2.45) is 0 Å². The highest BCUT2D eigenvalue weighted by molar-refractivity contribution is 6.30. The van der Waals surface area contributed by atoms with Crippen LogP contribution >= 0.6 is 11.6 Å². The van der Waals surface area contributed by atoms with Crippen LogP contribution in [0, 0.1) is 5.82 Å². The van der Waals surface area contributed by atoms with Gasteiger partial charge in [0.2, 0.25) is 0 Å². The number of halogens is 2. The average molecular weight is 384 g/mol. The SMILES string of the molecule is Fc1ccc(Cc2nc(CN3CCCCC3)cn2-c2ccc(Cl)cc2)cc1. The summed E-state index contributed by atoms with van der Waals surface area (Å²) in [6.07, 6.45) is 6.63. The van der Waals surface area contributed by atoms with Gasteiger partial charge in [-0.3, -0.25) is 4.90 Å². The molecular formula is C22H23ClFN3. The summed E-state index contributed by atoms with van der Waals surface area (Å²) in [5.41, 5.74) is 3.15. The van der Waals surface area contributed by atoms with Crippen LogP contribution in [0.3, 0.4) is 0 Å². The molecule has 4 rings (SSSR count). The second-order valence-electron chi connectivity index (χ2n) is 7.13. The third kappa shape index (κ3) is 4.57. The number of piperidine rings is 1. The summed E-state index contributed by atoms with van der Waals surface area (Å²) in [6, 6.07) is 14.4.